The summed E-state index contributed by atoms with van der Waals surface area (Å²) in [6, 6.07) is 11.6. The van der Waals surface area contributed by atoms with Gasteiger partial charge in [-0.15, -0.1) is 4.36 Å². The minimum absolute atomic E-state index is 0.162. The fourth-order valence-electron chi connectivity index (χ4n) is 7.65. The summed E-state index contributed by atoms with van der Waals surface area (Å²) < 4.78 is 33.4. The number of fused-ring (bicyclic) bond motifs is 3. The summed E-state index contributed by atoms with van der Waals surface area (Å²) in [6.45, 7) is 9.84. The van der Waals surface area contributed by atoms with Gasteiger partial charge in [0.1, 0.15) is 15.7 Å². The normalized spacial score (nSPS) is 24.7. The Morgan fingerprint density at radius 1 is 1.20 bits per heavy atom. The predicted octanol–water partition coefficient (Wildman–Crippen LogP) is 7.50. The molecule has 0 bridgehead atoms. The van der Waals surface area contributed by atoms with Crippen LogP contribution in [0.5, 0.6) is 5.75 Å². The monoisotopic (exact) mass is 671 g/mol. The van der Waals surface area contributed by atoms with E-state index in [4.69, 9.17) is 21.1 Å². The van der Waals surface area contributed by atoms with Gasteiger partial charge in [-0.25, -0.2) is 4.21 Å². The van der Waals surface area contributed by atoms with Gasteiger partial charge in [-0.05, 0) is 105 Å². The van der Waals surface area contributed by atoms with Gasteiger partial charge in [0.15, 0.2) is 0 Å². The van der Waals surface area contributed by atoms with Gasteiger partial charge in [0, 0.05) is 42.6 Å². The highest BCUT2D eigenvalue weighted by Gasteiger charge is 2.44. The topological polar surface area (TPSA) is 97.3 Å². The van der Waals surface area contributed by atoms with Gasteiger partial charge < -0.3 is 14.4 Å². The van der Waals surface area contributed by atoms with E-state index in [0.29, 0.717) is 36.8 Å². The van der Waals surface area contributed by atoms with Crippen molar-refractivity contribution in [3.05, 3.63) is 58.1 Å². The van der Waals surface area contributed by atoms with E-state index < -0.39 is 21.1 Å². The van der Waals surface area contributed by atoms with Crippen LogP contribution in [0, 0.1) is 11.8 Å². The maximum Gasteiger partial charge on any atom is 0.286 e. The van der Waals surface area contributed by atoms with Crippen LogP contribution < -0.4 is 14.4 Å². The van der Waals surface area contributed by atoms with Crippen LogP contribution in [0.15, 0.2) is 40.8 Å². The van der Waals surface area contributed by atoms with Crippen LogP contribution in [0.1, 0.15) is 101 Å². The third-order valence-electron chi connectivity index (χ3n) is 10.5. The summed E-state index contributed by atoms with van der Waals surface area (Å²) in [7, 11) is -1.55. The Morgan fingerprint density at radius 2 is 2.00 bits per heavy atom. The molecule has 1 fully saturated rings. The highest BCUT2D eigenvalue weighted by atomic mass is 35.5. The molecule has 2 amide bonds. The second kappa shape index (κ2) is 14.7. The molecule has 1 unspecified atom stereocenters. The molecule has 2 aliphatic carbocycles. The van der Waals surface area contributed by atoms with Crippen LogP contribution in [0.2, 0.25) is 5.02 Å². The van der Waals surface area contributed by atoms with Crippen LogP contribution in [0.25, 0.3) is 0 Å². The molecule has 0 aromatic heterocycles. The fraction of sp³-hybridized carbons (Fsp3) is 0.611. The smallest absolute Gasteiger partial charge is 0.286 e. The summed E-state index contributed by atoms with van der Waals surface area (Å²) in [5.74, 6) is 0.657. The molecule has 10 heteroatoms. The molecule has 0 saturated heterocycles. The third-order valence-corrected chi connectivity index (χ3v) is 13.2. The third kappa shape index (κ3) is 7.12. The number of anilines is 1. The van der Waals surface area contributed by atoms with Gasteiger partial charge in [-0.3, -0.25) is 14.3 Å². The van der Waals surface area contributed by atoms with Crippen LogP contribution in [0.3, 0.4) is 0 Å². The molecule has 3 aliphatic rings. The zero-order valence-electron chi connectivity index (χ0n) is 28.0. The zero-order chi connectivity index (χ0) is 33.1. The Balaban J connectivity index is 1.55. The molecule has 0 radical (unpaired) electrons. The van der Waals surface area contributed by atoms with E-state index in [1.165, 1.54) is 11.1 Å². The number of nitrogens with one attached hydrogen (secondary N) is 1. The lowest BCUT2D eigenvalue weighted by molar-refractivity contribution is -0.119. The van der Waals surface area contributed by atoms with Crippen molar-refractivity contribution < 1.29 is 23.3 Å². The number of rotatable bonds is 11. The van der Waals surface area contributed by atoms with Gasteiger partial charge in [0.05, 0.1) is 23.6 Å². The summed E-state index contributed by atoms with van der Waals surface area (Å²) in [4.78, 5) is 28.6. The van der Waals surface area contributed by atoms with E-state index in [1.54, 1.807) is 20.1 Å². The highest BCUT2D eigenvalue weighted by Crippen LogP contribution is 2.46. The van der Waals surface area contributed by atoms with E-state index in [0.717, 1.165) is 68.1 Å². The highest BCUT2D eigenvalue weighted by molar-refractivity contribution is 7.93. The Kier molecular flexibility index (Phi) is 11.1. The molecule has 2 aromatic rings. The van der Waals surface area contributed by atoms with Crippen molar-refractivity contribution in [3.8, 4) is 5.75 Å². The quantitative estimate of drug-likeness (QED) is 0.266. The molecule has 5 rings (SSSR count). The molecule has 46 heavy (non-hydrogen) atoms. The Labute approximate surface area is 280 Å². The Hall–Kier alpha value is -2.62. The minimum atomic E-state index is -3.33. The first-order valence-corrected chi connectivity index (χ1v) is 19.0. The van der Waals surface area contributed by atoms with Crippen molar-refractivity contribution in [2.24, 2.45) is 16.2 Å². The number of nitrogens with zero attached hydrogens (tertiary/aromatic N) is 2. The van der Waals surface area contributed by atoms with E-state index in [2.05, 4.69) is 33.0 Å². The van der Waals surface area contributed by atoms with Crippen LogP contribution in [0.4, 0.5) is 5.69 Å². The predicted molar refractivity (Wildman–Crippen MR) is 185 cm³/mol. The van der Waals surface area contributed by atoms with E-state index in [1.807, 2.05) is 32.0 Å². The number of aryl methyl sites for hydroxylation is 1. The molecule has 6 atom stereocenters. The van der Waals surface area contributed by atoms with Crippen molar-refractivity contribution in [2.45, 2.75) is 102 Å². The van der Waals surface area contributed by atoms with Crippen molar-refractivity contribution in [1.29, 1.82) is 0 Å². The van der Waals surface area contributed by atoms with E-state index in [-0.39, 0.29) is 23.8 Å². The van der Waals surface area contributed by atoms with Crippen molar-refractivity contribution in [3.63, 3.8) is 0 Å². The number of carbonyl (C=O) groups is 2. The van der Waals surface area contributed by atoms with Crippen LogP contribution in [-0.4, -0.2) is 54.2 Å². The van der Waals surface area contributed by atoms with Gasteiger partial charge in [-0.1, -0.05) is 44.9 Å². The second-order valence-electron chi connectivity index (χ2n) is 13.4. The number of hydrogen-bond donors (Lipinski definition) is 1. The van der Waals surface area contributed by atoms with Gasteiger partial charge in [-0.2, -0.15) is 0 Å². The molecule has 1 saturated carbocycles. The summed E-state index contributed by atoms with van der Waals surface area (Å²) >= 11 is 6.43. The largest absolute Gasteiger partial charge is 0.490 e. The number of amides is 2. The number of benzene rings is 2. The molecule has 1 spiro atoms. The lowest BCUT2D eigenvalue weighted by atomic mass is 9.68. The summed E-state index contributed by atoms with van der Waals surface area (Å²) in [6.07, 6.45) is 7.52. The minimum Gasteiger partial charge on any atom is -0.490 e. The average molecular weight is 672 g/mol. The number of halogens is 1. The van der Waals surface area contributed by atoms with Gasteiger partial charge >= 0.3 is 0 Å². The van der Waals surface area contributed by atoms with Crippen LogP contribution >= 0.6 is 11.6 Å². The second-order valence-corrected chi connectivity index (χ2v) is 16.0. The Morgan fingerprint density at radius 3 is 2.67 bits per heavy atom. The van der Waals surface area contributed by atoms with Gasteiger partial charge in [0.25, 0.3) is 5.91 Å². The van der Waals surface area contributed by atoms with E-state index >= 15 is 0 Å². The average Bonchev–Trinajstić information content (AvgIpc) is 3.18. The molecular weight excluding hydrogens is 622 g/mol. The summed E-state index contributed by atoms with van der Waals surface area (Å²) in [5.41, 5.74) is 3.51. The molecule has 1 heterocycles. The first-order chi connectivity index (χ1) is 22.1. The van der Waals surface area contributed by atoms with Crippen LogP contribution in [-0.2, 0) is 31.3 Å². The van der Waals surface area contributed by atoms with Gasteiger partial charge in [0.2, 0.25) is 5.91 Å². The lowest BCUT2D eigenvalue weighted by Gasteiger charge is -2.45. The SMILES string of the molecule is CCC[C@@H](CC)S(=O)(=NC(=O)c1ccc2c(c1)N(C[C@@H]1CC[C@H]1[C@H](C)OC)C[C@@]1(CCCc3cc(Cl)ccc31)CO2)NC(=O)CC. The number of methoxy groups -OCH3 is 1. The van der Waals surface area contributed by atoms with E-state index in [9.17, 15) is 13.8 Å². The fourth-order valence-corrected chi connectivity index (χ4v) is 10.0. The molecule has 1 aliphatic heterocycles. The van der Waals surface area contributed by atoms with Crippen molar-refractivity contribution in [1.82, 2.24) is 4.72 Å². The first-order valence-electron chi connectivity index (χ1n) is 17.0. The standard InChI is InChI=1S/C36H50ClN3O5S/c1-6-10-29(7-2)46(43,38-34(41)8-3)39-35(42)26-13-17-33-32(20-26)40(21-27-12-15-30(27)24(4)44-5)22-36(23-45-33)18-9-11-25-19-28(37)14-16-31(25)36/h13-14,16-17,19-20,24,27,29-30H,6-12,15,18,21-23H2,1-5H3,(H,38,39,41,42,43)/t24-,27-,29+,30-,36-,46?/m0/s1. The Bertz CT molecular complexity index is 1560. The molecule has 252 valence electrons. The number of ether oxygens (including phenoxy) is 2. The molecule has 2 aromatic carbocycles. The molecule has 1 N–H and O–H groups in total. The number of carbonyl (C=O) groups excluding carboxylic acids is 2. The number of hydrogen-bond acceptors (Lipinski definition) is 6. The maximum absolute atomic E-state index is 14.2. The zero-order valence-corrected chi connectivity index (χ0v) is 29.6. The molecule has 8 nitrogen and oxygen atoms in total. The van der Waals surface area contributed by atoms with Crippen molar-refractivity contribution >= 4 is 39.0 Å². The summed E-state index contributed by atoms with van der Waals surface area (Å²) in [5, 5.41) is 0.329. The maximum atomic E-state index is 14.2. The first kappa shape index (κ1) is 34.7. The lowest BCUT2D eigenvalue weighted by Crippen LogP contribution is -2.49. The molecular formula is C36H50ClN3O5S. The van der Waals surface area contributed by atoms with Crippen molar-refractivity contribution in [2.75, 3.05) is 31.7 Å².